The summed E-state index contributed by atoms with van der Waals surface area (Å²) in [4.78, 5) is 8.64. The molecule has 2 aromatic rings. The van der Waals surface area contributed by atoms with Crippen LogP contribution in [0.15, 0.2) is 30.5 Å². The van der Waals surface area contributed by atoms with Crippen molar-refractivity contribution >= 4 is 11.3 Å². The first-order chi connectivity index (χ1) is 11.8. The fourth-order valence-corrected chi connectivity index (χ4v) is 4.74. The number of methoxy groups -OCH3 is 1. The summed E-state index contributed by atoms with van der Waals surface area (Å²) in [6.07, 6.45) is 6.11. The molecule has 2 aliphatic rings. The van der Waals surface area contributed by atoms with Crippen LogP contribution in [0.5, 0.6) is 5.75 Å². The van der Waals surface area contributed by atoms with Crippen molar-refractivity contribution in [3.8, 4) is 5.75 Å². The molecule has 4 rings (SSSR count). The molecule has 1 unspecified atom stereocenters. The van der Waals surface area contributed by atoms with E-state index >= 15 is 0 Å². The summed E-state index contributed by atoms with van der Waals surface area (Å²) >= 11 is 1.91. The van der Waals surface area contributed by atoms with Crippen molar-refractivity contribution in [2.45, 2.75) is 37.8 Å². The van der Waals surface area contributed by atoms with Gasteiger partial charge in [0.05, 0.1) is 18.2 Å². The molecular formula is C19H25N3OS. The predicted octanol–water partition coefficient (Wildman–Crippen LogP) is 3.57. The third-order valence-corrected chi connectivity index (χ3v) is 6.38. The maximum absolute atomic E-state index is 5.59. The molecule has 128 valence electrons. The molecule has 1 saturated heterocycles. The van der Waals surface area contributed by atoms with Crippen LogP contribution in [0.2, 0.25) is 0 Å². The highest BCUT2D eigenvalue weighted by atomic mass is 32.1. The average Bonchev–Trinajstić information content (AvgIpc) is 3.01. The Bertz CT molecular complexity index is 683. The van der Waals surface area contributed by atoms with Gasteiger partial charge in [0.1, 0.15) is 5.75 Å². The van der Waals surface area contributed by atoms with Crippen molar-refractivity contribution in [2.24, 2.45) is 0 Å². The molecule has 1 aliphatic carbocycles. The second kappa shape index (κ2) is 7.21. The van der Waals surface area contributed by atoms with Crippen molar-refractivity contribution in [1.82, 2.24) is 15.2 Å². The maximum atomic E-state index is 5.59. The molecular weight excluding hydrogens is 318 g/mol. The Labute approximate surface area is 147 Å². The molecule has 0 spiro atoms. The van der Waals surface area contributed by atoms with Gasteiger partial charge >= 0.3 is 0 Å². The number of rotatable bonds is 5. The molecule has 1 aromatic heterocycles. The fraction of sp³-hybridized carbons (Fsp3) is 0.526. The van der Waals surface area contributed by atoms with Crippen LogP contribution in [-0.4, -0.2) is 36.6 Å². The van der Waals surface area contributed by atoms with E-state index in [-0.39, 0.29) is 0 Å². The summed E-state index contributed by atoms with van der Waals surface area (Å²) in [5.74, 6) is 1.72. The van der Waals surface area contributed by atoms with Crippen LogP contribution >= 0.6 is 11.3 Å². The summed E-state index contributed by atoms with van der Waals surface area (Å²) in [5, 5.41) is 4.88. The third-order valence-electron chi connectivity index (χ3n) is 5.24. The van der Waals surface area contributed by atoms with Crippen LogP contribution in [0, 0.1) is 0 Å². The summed E-state index contributed by atoms with van der Waals surface area (Å²) < 4.78 is 5.59. The minimum absolute atomic E-state index is 0.351. The van der Waals surface area contributed by atoms with Crippen LogP contribution in [0.1, 0.15) is 46.7 Å². The largest absolute Gasteiger partial charge is 0.496 e. The zero-order chi connectivity index (χ0) is 16.4. The number of aromatic nitrogens is 1. The highest BCUT2D eigenvalue weighted by Gasteiger charge is 2.27. The van der Waals surface area contributed by atoms with E-state index in [9.17, 15) is 0 Å². The second-order valence-electron chi connectivity index (χ2n) is 6.72. The number of para-hydroxylation sites is 1. The van der Waals surface area contributed by atoms with Crippen molar-refractivity contribution in [1.29, 1.82) is 0 Å². The molecule has 24 heavy (non-hydrogen) atoms. The summed E-state index contributed by atoms with van der Waals surface area (Å²) in [6, 6.07) is 8.74. The Morgan fingerprint density at radius 2 is 2.21 bits per heavy atom. The summed E-state index contributed by atoms with van der Waals surface area (Å²) in [7, 11) is 1.76. The lowest BCUT2D eigenvalue weighted by Crippen LogP contribution is -2.45. The standard InChI is InChI=1S/C19H25N3OS/c1-23-18-8-3-2-7-16(18)17-12-20-9-10-22(17)13-15-11-21-19(24-15)14-5-4-6-14/h2-3,7-8,11,14,17,20H,4-6,9-10,12-13H2,1H3. The molecule has 1 aromatic carbocycles. The highest BCUT2D eigenvalue weighted by molar-refractivity contribution is 7.11. The number of nitrogens with one attached hydrogen (secondary N) is 1. The lowest BCUT2D eigenvalue weighted by molar-refractivity contribution is 0.152. The van der Waals surface area contributed by atoms with Crippen molar-refractivity contribution < 1.29 is 4.74 Å². The summed E-state index contributed by atoms with van der Waals surface area (Å²) in [6.45, 7) is 4.04. The smallest absolute Gasteiger partial charge is 0.123 e. The van der Waals surface area contributed by atoms with Crippen molar-refractivity contribution in [2.75, 3.05) is 26.7 Å². The van der Waals surface area contributed by atoms with E-state index in [2.05, 4.69) is 39.6 Å². The molecule has 2 heterocycles. The number of benzene rings is 1. The zero-order valence-electron chi connectivity index (χ0n) is 14.2. The van der Waals surface area contributed by atoms with E-state index in [0.29, 0.717) is 6.04 Å². The van der Waals surface area contributed by atoms with Gasteiger partial charge in [-0.2, -0.15) is 0 Å². The molecule has 1 N–H and O–H groups in total. The minimum Gasteiger partial charge on any atom is -0.496 e. The van der Waals surface area contributed by atoms with Gasteiger partial charge in [0.25, 0.3) is 0 Å². The lowest BCUT2D eigenvalue weighted by atomic mass is 9.86. The van der Waals surface area contributed by atoms with Crippen LogP contribution < -0.4 is 10.1 Å². The first kappa shape index (κ1) is 16.1. The Balaban J connectivity index is 1.52. The van der Waals surface area contributed by atoms with Crippen LogP contribution in [0.3, 0.4) is 0 Å². The molecule has 1 atom stereocenters. The van der Waals surface area contributed by atoms with Crippen molar-refractivity contribution in [3.63, 3.8) is 0 Å². The van der Waals surface area contributed by atoms with E-state index in [0.717, 1.165) is 37.8 Å². The monoisotopic (exact) mass is 343 g/mol. The molecule has 0 radical (unpaired) electrons. The lowest BCUT2D eigenvalue weighted by Gasteiger charge is -2.36. The van der Waals surface area contributed by atoms with E-state index in [4.69, 9.17) is 4.74 Å². The third kappa shape index (κ3) is 3.21. The molecule has 0 amide bonds. The van der Waals surface area contributed by atoms with Gasteiger partial charge in [0.15, 0.2) is 0 Å². The molecule has 5 heteroatoms. The average molecular weight is 343 g/mol. The number of ether oxygens (including phenoxy) is 1. The molecule has 0 bridgehead atoms. The van der Waals surface area contributed by atoms with E-state index in [1.165, 1.54) is 34.7 Å². The maximum Gasteiger partial charge on any atom is 0.123 e. The van der Waals surface area contributed by atoms with Gasteiger partial charge in [-0.1, -0.05) is 24.6 Å². The molecule has 1 saturated carbocycles. The Morgan fingerprint density at radius 3 is 3.00 bits per heavy atom. The zero-order valence-corrected chi connectivity index (χ0v) is 15.0. The van der Waals surface area contributed by atoms with Crippen molar-refractivity contribution in [3.05, 3.63) is 45.9 Å². The van der Waals surface area contributed by atoms with Gasteiger partial charge < -0.3 is 10.1 Å². The first-order valence-corrected chi connectivity index (χ1v) is 9.69. The second-order valence-corrected chi connectivity index (χ2v) is 7.87. The topological polar surface area (TPSA) is 37.4 Å². The van der Waals surface area contributed by atoms with Gasteiger partial charge in [-0.3, -0.25) is 4.90 Å². The number of hydrogen-bond acceptors (Lipinski definition) is 5. The summed E-state index contributed by atoms with van der Waals surface area (Å²) in [5.41, 5.74) is 1.27. The first-order valence-electron chi connectivity index (χ1n) is 8.87. The molecule has 2 fully saturated rings. The number of piperazine rings is 1. The van der Waals surface area contributed by atoms with Crippen LogP contribution in [0.25, 0.3) is 0 Å². The van der Waals surface area contributed by atoms with Gasteiger partial charge in [-0.05, 0) is 18.9 Å². The number of hydrogen-bond donors (Lipinski definition) is 1. The molecule has 4 nitrogen and oxygen atoms in total. The highest BCUT2D eigenvalue weighted by Crippen LogP contribution is 2.39. The SMILES string of the molecule is COc1ccccc1C1CNCCN1Cc1cnc(C2CCC2)s1. The Hall–Kier alpha value is -1.43. The van der Waals surface area contributed by atoms with Gasteiger partial charge in [0, 0.05) is 48.7 Å². The van der Waals surface area contributed by atoms with E-state index in [1.807, 2.05) is 17.4 Å². The quantitative estimate of drug-likeness (QED) is 0.901. The normalized spacial score (nSPS) is 22.3. The fourth-order valence-electron chi connectivity index (χ4n) is 3.62. The van der Waals surface area contributed by atoms with E-state index < -0.39 is 0 Å². The van der Waals surface area contributed by atoms with Crippen LogP contribution in [0.4, 0.5) is 0 Å². The number of thiazole rings is 1. The molecule has 1 aliphatic heterocycles. The van der Waals surface area contributed by atoms with Gasteiger partial charge in [0.2, 0.25) is 0 Å². The Morgan fingerprint density at radius 1 is 1.33 bits per heavy atom. The number of nitrogens with zero attached hydrogens (tertiary/aromatic N) is 2. The van der Waals surface area contributed by atoms with E-state index in [1.54, 1.807) is 7.11 Å². The predicted molar refractivity (Wildman–Crippen MR) is 97.7 cm³/mol. The van der Waals surface area contributed by atoms with Crippen LogP contribution in [-0.2, 0) is 6.54 Å². The Kier molecular flexibility index (Phi) is 4.83. The van der Waals surface area contributed by atoms with Gasteiger partial charge in [-0.25, -0.2) is 4.98 Å². The van der Waals surface area contributed by atoms with Gasteiger partial charge in [-0.15, -0.1) is 11.3 Å². The minimum atomic E-state index is 0.351.